The number of methoxy groups -OCH3 is 1. The number of benzene rings is 1. The first-order valence-corrected chi connectivity index (χ1v) is 8.97. The summed E-state index contributed by atoms with van der Waals surface area (Å²) in [6.07, 6.45) is -0.0322. The molecule has 0 spiro atoms. The van der Waals surface area contributed by atoms with Crippen molar-refractivity contribution in [3.8, 4) is 22.6 Å². The van der Waals surface area contributed by atoms with Gasteiger partial charge in [-0.3, -0.25) is 4.98 Å². The monoisotopic (exact) mass is 363 g/mol. The van der Waals surface area contributed by atoms with Gasteiger partial charge in [0.05, 0.1) is 19.4 Å². The van der Waals surface area contributed by atoms with E-state index in [1.807, 2.05) is 31.2 Å². The van der Waals surface area contributed by atoms with Crippen LogP contribution in [0.2, 0.25) is 0 Å². The Balaban J connectivity index is 1.80. The van der Waals surface area contributed by atoms with Gasteiger partial charge in [0.1, 0.15) is 23.7 Å². The molecule has 1 aliphatic heterocycles. The fourth-order valence-electron chi connectivity index (χ4n) is 2.73. The number of rotatable bonds is 4. The van der Waals surface area contributed by atoms with E-state index < -0.39 is 23.7 Å². The van der Waals surface area contributed by atoms with Crippen LogP contribution in [0.4, 0.5) is 0 Å². The zero-order valence-corrected chi connectivity index (χ0v) is 14.8. The SMILES string of the molecule is COc1ccc(-c2cncc(O[C@H]3SC[C@@H](O)[C@H](O)[C@H]3O)c2)c(C)c1. The van der Waals surface area contributed by atoms with Gasteiger partial charge in [-0.1, -0.05) is 6.07 Å². The van der Waals surface area contributed by atoms with Gasteiger partial charge in [0.25, 0.3) is 0 Å². The first-order valence-electron chi connectivity index (χ1n) is 7.92. The second-order valence-corrected chi connectivity index (χ2v) is 7.09. The Morgan fingerprint density at radius 2 is 1.88 bits per heavy atom. The van der Waals surface area contributed by atoms with Crippen LogP contribution in [0.15, 0.2) is 36.7 Å². The van der Waals surface area contributed by atoms with E-state index in [1.54, 1.807) is 19.5 Å². The number of aromatic nitrogens is 1. The Labute approximate surface area is 150 Å². The maximum Gasteiger partial charge on any atom is 0.173 e. The fraction of sp³-hybridized carbons (Fsp3) is 0.389. The molecule has 1 aromatic carbocycles. The second-order valence-electron chi connectivity index (χ2n) is 5.96. The van der Waals surface area contributed by atoms with Crippen LogP contribution in [0.5, 0.6) is 11.5 Å². The molecular weight excluding hydrogens is 342 g/mol. The number of hydrogen-bond acceptors (Lipinski definition) is 7. The zero-order valence-electron chi connectivity index (χ0n) is 14.0. The van der Waals surface area contributed by atoms with Crippen LogP contribution in [-0.4, -0.2) is 56.9 Å². The molecular formula is C18H21NO5S. The van der Waals surface area contributed by atoms with Crippen LogP contribution in [-0.2, 0) is 0 Å². The molecule has 2 heterocycles. The summed E-state index contributed by atoms with van der Waals surface area (Å²) in [5.41, 5.74) is 2.27. The first kappa shape index (κ1) is 18.0. The van der Waals surface area contributed by atoms with Crippen molar-refractivity contribution in [1.82, 2.24) is 4.98 Å². The lowest BCUT2D eigenvalue weighted by Crippen LogP contribution is -2.50. The van der Waals surface area contributed by atoms with Crippen LogP contribution >= 0.6 is 11.8 Å². The molecule has 25 heavy (non-hydrogen) atoms. The van der Waals surface area contributed by atoms with Crippen molar-refractivity contribution in [1.29, 1.82) is 0 Å². The molecule has 0 unspecified atom stereocenters. The van der Waals surface area contributed by atoms with E-state index in [-0.39, 0.29) is 0 Å². The first-order chi connectivity index (χ1) is 12.0. The molecule has 0 amide bonds. The largest absolute Gasteiger partial charge is 0.497 e. The molecule has 1 aromatic heterocycles. The minimum absolute atomic E-state index is 0.299. The quantitative estimate of drug-likeness (QED) is 0.760. The van der Waals surface area contributed by atoms with Gasteiger partial charge in [0.2, 0.25) is 0 Å². The molecule has 0 bridgehead atoms. The molecule has 0 aliphatic carbocycles. The average molecular weight is 363 g/mol. The second kappa shape index (κ2) is 7.61. The summed E-state index contributed by atoms with van der Waals surface area (Å²) in [6, 6.07) is 7.63. The maximum atomic E-state index is 10.1. The van der Waals surface area contributed by atoms with E-state index in [0.29, 0.717) is 11.5 Å². The Hall–Kier alpha value is -1.80. The van der Waals surface area contributed by atoms with E-state index >= 15 is 0 Å². The highest BCUT2D eigenvalue weighted by atomic mass is 32.2. The molecule has 4 atom stereocenters. The number of aliphatic hydroxyl groups is 3. The smallest absolute Gasteiger partial charge is 0.173 e. The molecule has 2 aromatic rings. The highest BCUT2D eigenvalue weighted by molar-refractivity contribution is 7.99. The Kier molecular flexibility index (Phi) is 5.48. The highest BCUT2D eigenvalue weighted by Gasteiger charge is 2.38. The summed E-state index contributed by atoms with van der Waals surface area (Å²) in [5.74, 6) is 1.58. The molecule has 0 radical (unpaired) electrons. The average Bonchev–Trinajstić information content (AvgIpc) is 2.62. The standard InChI is InChI=1S/C18H21NO5S/c1-10-5-12(23-2)3-4-14(10)11-6-13(8-19-7-11)24-18-17(22)16(21)15(20)9-25-18/h3-8,15-18,20-22H,9H2,1-2H3/t15-,16+,17-,18+/m1/s1. The van der Waals surface area contributed by atoms with E-state index in [4.69, 9.17) is 9.47 Å². The summed E-state index contributed by atoms with van der Waals surface area (Å²) in [6.45, 7) is 1.99. The Morgan fingerprint density at radius 3 is 2.60 bits per heavy atom. The lowest BCUT2D eigenvalue weighted by Gasteiger charge is -2.34. The number of pyridine rings is 1. The molecule has 134 valence electrons. The van der Waals surface area contributed by atoms with Gasteiger partial charge in [-0.15, -0.1) is 11.8 Å². The van der Waals surface area contributed by atoms with Crippen molar-refractivity contribution >= 4 is 11.8 Å². The van der Waals surface area contributed by atoms with Gasteiger partial charge in [-0.25, -0.2) is 0 Å². The molecule has 3 rings (SSSR count). The maximum absolute atomic E-state index is 10.1. The lowest BCUT2D eigenvalue weighted by atomic mass is 10.0. The predicted octanol–water partition coefficient (Wildman–Crippen LogP) is 1.60. The van der Waals surface area contributed by atoms with Crippen molar-refractivity contribution in [2.24, 2.45) is 0 Å². The van der Waals surface area contributed by atoms with Crippen molar-refractivity contribution in [3.63, 3.8) is 0 Å². The molecule has 1 aliphatic rings. The van der Waals surface area contributed by atoms with Gasteiger partial charge in [0, 0.05) is 17.5 Å². The van der Waals surface area contributed by atoms with Crippen LogP contribution < -0.4 is 9.47 Å². The number of aryl methyl sites for hydroxylation is 1. The lowest BCUT2D eigenvalue weighted by molar-refractivity contribution is -0.0786. The molecule has 6 nitrogen and oxygen atoms in total. The van der Waals surface area contributed by atoms with Gasteiger partial charge >= 0.3 is 0 Å². The number of nitrogens with zero attached hydrogens (tertiary/aromatic N) is 1. The summed E-state index contributed by atoms with van der Waals surface area (Å²) in [5, 5.41) is 29.4. The van der Waals surface area contributed by atoms with E-state index in [0.717, 1.165) is 22.4 Å². The summed E-state index contributed by atoms with van der Waals surface area (Å²) in [4.78, 5) is 4.21. The van der Waals surface area contributed by atoms with Gasteiger partial charge in [0.15, 0.2) is 5.44 Å². The normalized spacial score (nSPS) is 26.3. The zero-order chi connectivity index (χ0) is 18.0. The number of thioether (sulfide) groups is 1. The van der Waals surface area contributed by atoms with Gasteiger partial charge in [-0.05, 0) is 36.2 Å². The fourth-order valence-corrected chi connectivity index (χ4v) is 3.86. The van der Waals surface area contributed by atoms with Gasteiger partial charge in [-0.2, -0.15) is 0 Å². The number of aliphatic hydroxyl groups excluding tert-OH is 3. The summed E-state index contributed by atoms with van der Waals surface area (Å²) in [7, 11) is 1.63. The van der Waals surface area contributed by atoms with Gasteiger partial charge < -0.3 is 24.8 Å². The molecule has 3 N–H and O–H groups in total. The van der Waals surface area contributed by atoms with Crippen molar-refractivity contribution in [2.75, 3.05) is 12.9 Å². The van der Waals surface area contributed by atoms with Crippen LogP contribution in [0.3, 0.4) is 0 Å². The number of hydrogen-bond donors (Lipinski definition) is 3. The molecule has 1 saturated heterocycles. The molecule has 1 fully saturated rings. The van der Waals surface area contributed by atoms with E-state index in [1.165, 1.54) is 11.8 Å². The van der Waals surface area contributed by atoms with Crippen LogP contribution in [0.1, 0.15) is 5.56 Å². The third kappa shape index (κ3) is 3.90. The Bertz CT molecular complexity index is 741. The number of ether oxygens (including phenoxy) is 2. The third-order valence-corrected chi connectivity index (χ3v) is 5.40. The topological polar surface area (TPSA) is 92.0 Å². The van der Waals surface area contributed by atoms with Crippen molar-refractivity contribution in [3.05, 3.63) is 42.2 Å². The van der Waals surface area contributed by atoms with Crippen molar-refractivity contribution < 1.29 is 24.8 Å². The molecule has 7 heteroatoms. The minimum Gasteiger partial charge on any atom is -0.497 e. The predicted molar refractivity (Wildman–Crippen MR) is 95.9 cm³/mol. The van der Waals surface area contributed by atoms with E-state index in [2.05, 4.69) is 4.98 Å². The van der Waals surface area contributed by atoms with Crippen molar-refractivity contribution in [2.45, 2.75) is 30.7 Å². The Morgan fingerprint density at radius 1 is 1.08 bits per heavy atom. The minimum atomic E-state index is -1.22. The van der Waals surface area contributed by atoms with Crippen LogP contribution in [0, 0.1) is 6.92 Å². The summed E-state index contributed by atoms with van der Waals surface area (Å²) >= 11 is 1.26. The van der Waals surface area contributed by atoms with Crippen LogP contribution in [0.25, 0.3) is 11.1 Å². The summed E-state index contributed by atoms with van der Waals surface area (Å²) < 4.78 is 11.0. The third-order valence-electron chi connectivity index (χ3n) is 4.16. The molecule has 0 saturated carbocycles. The van der Waals surface area contributed by atoms with E-state index in [9.17, 15) is 15.3 Å². The highest BCUT2D eigenvalue weighted by Crippen LogP contribution is 2.32.